The van der Waals surface area contributed by atoms with Gasteiger partial charge in [-0.2, -0.15) is 0 Å². The summed E-state index contributed by atoms with van der Waals surface area (Å²) in [6.45, 7) is 40.3. The van der Waals surface area contributed by atoms with Crippen molar-refractivity contribution < 1.29 is 34.6 Å². The standard InChI is InChI=1S/C42H63O3P.Pt/c1-37(2,3)28-19-22-34(31(25-28)40(10,11)12)43-46(44-35-23-20-29(38(4,5)6)26-32(35)41(13,14)15)45-36-24-21-30(39(7,8)9)27-33(36)42(16,17)18;/h19-27H,1-18H3;. The third-order valence-corrected chi connectivity index (χ3v) is 9.52. The van der Waals surface area contributed by atoms with Gasteiger partial charge < -0.3 is 13.6 Å². The zero-order valence-corrected chi connectivity index (χ0v) is 35.9. The van der Waals surface area contributed by atoms with Crippen molar-refractivity contribution in [1.82, 2.24) is 0 Å². The van der Waals surface area contributed by atoms with E-state index in [1.54, 1.807) is 0 Å². The average Bonchev–Trinajstić information content (AvgIpc) is 2.85. The summed E-state index contributed by atoms with van der Waals surface area (Å²) in [5, 5.41) is 0. The van der Waals surface area contributed by atoms with Gasteiger partial charge in [-0.1, -0.05) is 161 Å². The summed E-state index contributed by atoms with van der Waals surface area (Å²) in [4.78, 5) is 0. The van der Waals surface area contributed by atoms with Crippen LogP contribution in [0.3, 0.4) is 0 Å². The zero-order chi connectivity index (χ0) is 35.3. The van der Waals surface area contributed by atoms with Gasteiger partial charge in [0.25, 0.3) is 0 Å². The van der Waals surface area contributed by atoms with E-state index in [1.807, 2.05) is 0 Å². The summed E-state index contributed by atoms with van der Waals surface area (Å²) < 4.78 is 20.7. The Morgan fingerprint density at radius 1 is 0.340 bits per heavy atom. The van der Waals surface area contributed by atoms with Crippen LogP contribution in [0.15, 0.2) is 54.6 Å². The first-order chi connectivity index (χ1) is 20.6. The fraction of sp³-hybridized carbons (Fsp3) is 0.571. The first-order valence-electron chi connectivity index (χ1n) is 16.9. The molecule has 0 heterocycles. The Bertz CT molecular complexity index is 1330. The van der Waals surface area contributed by atoms with Crippen molar-refractivity contribution in [1.29, 1.82) is 0 Å². The first kappa shape index (κ1) is 41.3. The van der Waals surface area contributed by atoms with Crippen molar-refractivity contribution in [3.63, 3.8) is 0 Å². The second-order valence-electron chi connectivity index (χ2n) is 19.1. The van der Waals surface area contributed by atoms with E-state index < -0.39 is 8.60 Å². The van der Waals surface area contributed by atoms with Gasteiger partial charge in [-0.15, -0.1) is 0 Å². The molecule has 0 aromatic heterocycles. The second-order valence-corrected chi connectivity index (χ2v) is 20.1. The first-order valence-corrected chi connectivity index (χ1v) is 18.0. The summed E-state index contributed by atoms with van der Waals surface area (Å²) in [5.74, 6) is 2.37. The molecule has 0 atom stereocenters. The van der Waals surface area contributed by atoms with Crippen LogP contribution in [0.2, 0.25) is 0 Å². The van der Waals surface area contributed by atoms with Crippen molar-refractivity contribution in [2.24, 2.45) is 0 Å². The molecule has 0 aliphatic rings. The fourth-order valence-electron chi connectivity index (χ4n) is 5.28. The van der Waals surface area contributed by atoms with Crippen LogP contribution >= 0.6 is 8.60 Å². The molecule has 0 radical (unpaired) electrons. The summed E-state index contributed by atoms with van der Waals surface area (Å²) in [6, 6.07) is 19.7. The molecule has 0 unspecified atom stereocenters. The molecule has 0 spiro atoms. The summed E-state index contributed by atoms with van der Waals surface area (Å²) in [6.07, 6.45) is 0. The van der Waals surface area contributed by atoms with E-state index in [-0.39, 0.29) is 53.6 Å². The molecule has 0 aliphatic carbocycles. The van der Waals surface area contributed by atoms with Crippen molar-refractivity contribution >= 4 is 8.60 Å². The van der Waals surface area contributed by atoms with Gasteiger partial charge in [-0.3, -0.25) is 0 Å². The minimum Gasteiger partial charge on any atom is -0.408 e. The van der Waals surface area contributed by atoms with Crippen molar-refractivity contribution in [3.05, 3.63) is 88.0 Å². The topological polar surface area (TPSA) is 27.7 Å². The minimum absolute atomic E-state index is 0. The molecule has 0 saturated heterocycles. The van der Waals surface area contributed by atoms with E-state index in [0.717, 1.165) is 33.9 Å². The Morgan fingerprint density at radius 3 is 0.723 bits per heavy atom. The summed E-state index contributed by atoms with van der Waals surface area (Å²) in [5.41, 5.74) is 6.85. The average molecular weight is 842 g/mol. The van der Waals surface area contributed by atoms with Crippen LogP contribution in [0, 0.1) is 0 Å². The normalized spacial score (nSPS) is 13.3. The molecule has 0 saturated carbocycles. The van der Waals surface area contributed by atoms with E-state index in [1.165, 1.54) is 16.7 Å². The smallest absolute Gasteiger partial charge is 0.408 e. The Morgan fingerprint density at radius 2 is 0.553 bits per heavy atom. The van der Waals surface area contributed by atoms with Crippen LogP contribution in [0.4, 0.5) is 0 Å². The van der Waals surface area contributed by atoms with Gasteiger partial charge in [0, 0.05) is 37.8 Å². The molecule has 0 bridgehead atoms. The molecular weight excluding hydrogens is 779 g/mol. The van der Waals surface area contributed by atoms with Crippen molar-refractivity contribution in [2.75, 3.05) is 0 Å². The molecule has 0 N–H and O–H groups in total. The molecular formula is C42H63O3PPt. The van der Waals surface area contributed by atoms with Gasteiger partial charge in [0.2, 0.25) is 0 Å². The molecule has 3 rings (SSSR count). The van der Waals surface area contributed by atoms with E-state index in [0.29, 0.717) is 0 Å². The monoisotopic (exact) mass is 841 g/mol. The second kappa shape index (κ2) is 14.2. The SMILES string of the molecule is CC(C)(C)c1ccc(OP(Oc2ccc(C(C)(C)C)cc2C(C)(C)C)Oc2ccc(C(C)(C)C)cc2C(C)(C)C)c(C(C)(C)C)c1.[Pt]. The molecule has 3 aromatic rings. The van der Waals surface area contributed by atoms with E-state index in [2.05, 4.69) is 179 Å². The van der Waals surface area contributed by atoms with E-state index >= 15 is 0 Å². The van der Waals surface area contributed by atoms with Gasteiger partial charge in [0.05, 0.1) is 0 Å². The third-order valence-electron chi connectivity index (χ3n) is 8.48. The van der Waals surface area contributed by atoms with Crippen LogP contribution in [0.5, 0.6) is 17.2 Å². The molecule has 0 fully saturated rings. The zero-order valence-electron chi connectivity index (χ0n) is 32.7. The Labute approximate surface area is 304 Å². The van der Waals surface area contributed by atoms with Crippen LogP contribution in [-0.4, -0.2) is 0 Å². The van der Waals surface area contributed by atoms with E-state index in [9.17, 15) is 0 Å². The van der Waals surface area contributed by atoms with Gasteiger partial charge in [0.15, 0.2) is 0 Å². The van der Waals surface area contributed by atoms with E-state index in [4.69, 9.17) is 13.6 Å². The minimum atomic E-state index is -1.89. The number of rotatable bonds is 6. The van der Waals surface area contributed by atoms with Crippen LogP contribution < -0.4 is 13.6 Å². The van der Waals surface area contributed by atoms with Gasteiger partial charge in [-0.05, 0) is 67.4 Å². The van der Waals surface area contributed by atoms with Crippen molar-refractivity contribution in [2.45, 2.75) is 157 Å². The van der Waals surface area contributed by atoms with Gasteiger partial charge in [-0.25, -0.2) is 0 Å². The largest absolute Gasteiger partial charge is 0.530 e. The van der Waals surface area contributed by atoms with Gasteiger partial charge in [0.1, 0.15) is 17.2 Å². The maximum Gasteiger partial charge on any atom is 0.530 e. The third kappa shape index (κ3) is 10.8. The molecule has 264 valence electrons. The maximum atomic E-state index is 6.90. The molecule has 0 amide bonds. The molecule has 3 aromatic carbocycles. The summed E-state index contributed by atoms with van der Waals surface area (Å²) in [7, 11) is -1.89. The Kier molecular flexibility index (Phi) is 12.5. The predicted molar refractivity (Wildman–Crippen MR) is 200 cm³/mol. The number of hydrogen-bond acceptors (Lipinski definition) is 3. The quantitative estimate of drug-likeness (QED) is 0.231. The molecule has 0 aliphatic heterocycles. The Hall–Kier alpha value is -1.82. The predicted octanol–water partition coefficient (Wildman–Crippen LogP) is 13.2. The molecule has 47 heavy (non-hydrogen) atoms. The maximum absolute atomic E-state index is 6.90. The number of benzene rings is 3. The molecule has 3 nitrogen and oxygen atoms in total. The van der Waals surface area contributed by atoms with Gasteiger partial charge >= 0.3 is 8.60 Å². The fourth-order valence-corrected chi connectivity index (χ4v) is 6.35. The van der Waals surface area contributed by atoms with Crippen LogP contribution in [0.25, 0.3) is 0 Å². The van der Waals surface area contributed by atoms with Crippen molar-refractivity contribution in [3.8, 4) is 17.2 Å². The summed E-state index contributed by atoms with van der Waals surface area (Å²) >= 11 is 0. The van der Waals surface area contributed by atoms with Crippen LogP contribution in [0.1, 0.15) is 158 Å². The molecule has 5 heteroatoms. The van der Waals surface area contributed by atoms with Crippen LogP contribution in [-0.2, 0) is 53.6 Å². The number of hydrogen-bond donors (Lipinski definition) is 0. The Balaban J connectivity index is 0.00000768.